The van der Waals surface area contributed by atoms with Gasteiger partial charge in [-0.25, -0.2) is 9.97 Å². The summed E-state index contributed by atoms with van der Waals surface area (Å²) < 4.78 is 0. The van der Waals surface area contributed by atoms with E-state index in [4.69, 9.17) is 9.98 Å². The Balaban J connectivity index is 1.34. The number of hydrogen-bond donors (Lipinski definition) is 0. The van der Waals surface area contributed by atoms with Crippen molar-refractivity contribution >= 4 is 33.5 Å². The first kappa shape index (κ1) is 23.8. The lowest BCUT2D eigenvalue weighted by Crippen LogP contribution is -2.17. The molecule has 41 heavy (non-hydrogen) atoms. The molecule has 8 rings (SSSR count). The molecule has 0 amide bonds. The summed E-state index contributed by atoms with van der Waals surface area (Å²) in [4.78, 5) is 16.9. The lowest BCUT2D eigenvalue weighted by molar-refractivity contribution is 0.714. The van der Waals surface area contributed by atoms with Gasteiger partial charge in [-0.15, -0.1) is 0 Å². The molecule has 1 atom stereocenters. The lowest BCUT2D eigenvalue weighted by Gasteiger charge is -2.32. The Bertz CT molecular complexity index is 1920. The van der Waals surface area contributed by atoms with E-state index in [2.05, 4.69) is 119 Å². The smallest absolute Gasteiger partial charge is 0.116 e. The zero-order valence-electron chi connectivity index (χ0n) is 22.6. The second-order valence-electron chi connectivity index (χ2n) is 10.8. The van der Waals surface area contributed by atoms with E-state index < -0.39 is 0 Å². The number of fused-ring (bicyclic) bond motifs is 2. The second-order valence-corrected chi connectivity index (χ2v) is 10.8. The maximum absolute atomic E-state index is 5.35. The molecule has 1 unspecified atom stereocenters. The number of rotatable bonds is 4. The number of benzene rings is 4. The predicted octanol–water partition coefficient (Wildman–Crippen LogP) is 9.22. The van der Waals surface area contributed by atoms with Crippen molar-refractivity contribution in [3.63, 3.8) is 0 Å². The van der Waals surface area contributed by atoms with Crippen LogP contribution in [0.2, 0.25) is 0 Å². The topological polar surface area (TPSA) is 41.4 Å². The van der Waals surface area contributed by atoms with Gasteiger partial charge >= 0.3 is 0 Å². The highest BCUT2D eigenvalue weighted by Crippen LogP contribution is 2.50. The molecule has 4 aromatic carbocycles. The third-order valence-corrected chi connectivity index (χ3v) is 8.26. The first-order chi connectivity index (χ1) is 20.3. The molecule has 5 aromatic rings. The van der Waals surface area contributed by atoms with E-state index in [9.17, 15) is 0 Å². The van der Waals surface area contributed by atoms with Gasteiger partial charge < -0.3 is 4.90 Å². The van der Waals surface area contributed by atoms with Crippen molar-refractivity contribution in [1.29, 1.82) is 0 Å². The van der Waals surface area contributed by atoms with Crippen molar-refractivity contribution in [3.05, 3.63) is 150 Å². The Morgan fingerprint density at radius 1 is 0.805 bits per heavy atom. The van der Waals surface area contributed by atoms with Crippen LogP contribution in [-0.2, 0) is 0 Å². The summed E-state index contributed by atoms with van der Waals surface area (Å²) in [5, 5.41) is 2.38. The van der Waals surface area contributed by atoms with Crippen molar-refractivity contribution in [3.8, 4) is 11.3 Å². The number of hydrogen-bond acceptors (Lipinski definition) is 4. The first-order valence-electron chi connectivity index (χ1n) is 14.3. The van der Waals surface area contributed by atoms with Gasteiger partial charge in [0.1, 0.15) is 6.33 Å². The van der Waals surface area contributed by atoms with Crippen LogP contribution in [0.1, 0.15) is 36.4 Å². The molecule has 1 aliphatic carbocycles. The summed E-state index contributed by atoms with van der Waals surface area (Å²) in [6.45, 7) is 0. The normalized spacial score (nSPS) is 17.5. The third-order valence-electron chi connectivity index (χ3n) is 8.26. The van der Waals surface area contributed by atoms with Gasteiger partial charge in [0.15, 0.2) is 0 Å². The van der Waals surface area contributed by atoms with Crippen LogP contribution in [0.5, 0.6) is 0 Å². The number of nitrogens with zero attached hydrogens (tertiary/aromatic N) is 4. The molecule has 4 heteroatoms. The summed E-state index contributed by atoms with van der Waals surface area (Å²) >= 11 is 0. The minimum Gasteiger partial charge on any atom is -0.306 e. The molecule has 0 bridgehead atoms. The van der Waals surface area contributed by atoms with Crippen molar-refractivity contribution in [1.82, 2.24) is 9.97 Å². The number of aliphatic imine (C=N–C) groups is 1. The standard InChI is InChI=1S/C37H28N4/c1-4-11-25(12-5-1)28-21-32(26-13-6-2-7-14-26)40-33(22-28)29-19-27-15-10-18-34-36(27)31(20-29)37-35(23-38-24-39-37)41(34)30-16-8-3-9-17-30/h2-4,6-20,22-24,32H,1,5,21H2. The average molecular weight is 529 g/mol. The quantitative estimate of drug-likeness (QED) is 0.229. The number of aromatic nitrogens is 2. The van der Waals surface area contributed by atoms with Crippen molar-refractivity contribution < 1.29 is 0 Å². The molecule has 0 radical (unpaired) electrons. The van der Waals surface area contributed by atoms with Gasteiger partial charge in [-0.2, -0.15) is 0 Å². The van der Waals surface area contributed by atoms with E-state index in [1.165, 1.54) is 27.5 Å². The first-order valence-corrected chi connectivity index (χ1v) is 14.3. The van der Waals surface area contributed by atoms with Crippen LogP contribution < -0.4 is 4.90 Å². The number of para-hydroxylation sites is 1. The zero-order valence-corrected chi connectivity index (χ0v) is 22.6. The Labute approximate surface area is 239 Å². The van der Waals surface area contributed by atoms with Crippen molar-refractivity contribution in [2.75, 3.05) is 4.90 Å². The number of anilines is 3. The fraction of sp³-hybridized carbons (Fsp3) is 0.108. The van der Waals surface area contributed by atoms with Gasteiger partial charge in [0, 0.05) is 22.2 Å². The summed E-state index contributed by atoms with van der Waals surface area (Å²) in [6, 6.07) is 32.3. The van der Waals surface area contributed by atoms with E-state index >= 15 is 0 Å². The van der Waals surface area contributed by atoms with Crippen molar-refractivity contribution in [2.24, 2.45) is 4.99 Å². The Morgan fingerprint density at radius 2 is 1.66 bits per heavy atom. The minimum atomic E-state index is 0.0731. The van der Waals surface area contributed by atoms with E-state index in [1.54, 1.807) is 6.33 Å². The lowest BCUT2D eigenvalue weighted by atomic mass is 9.86. The highest BCUT2D eigenvalue weighted by molar-refractivity contribution is 6.18. The molecule has 3 heterocycles. The van der Waals surface area contributed by atoms with Gasteiger partial charge in [-0.3, -0.25) is 4.99 Å². The largest absolute Gasteiger partial charge is 0.306 e. The number of dihydropyridines is 1. The summed E-state index contributed by atoms with van der Waals surface area (Å²) in [5.74, 6) is 0. The van der Waals surface area contributed by atoms with Gasteiger partial charge in [0.25, 0.3) is 0 Å². The minimum absolute atomic E-state index is 0.0731. The van der Waals surface area contributed by atoms with E-state index in [0.717, 1.165) is 58.9 Å². The molecule has 0 saturated carbocycles. The average Bonchev–Trinajstić information content (AvgIpc) is 3.06. The maximum Gasteiger partial charge on any atom is 0.116 e. The SMILES string of the molecule is C1=CC(C2=CC(c3cc4c5c(cccc5c3)N(c3ccccc3)c3cncnc3-4)=NC(c3ccccc3)C2)=CCC1. The van der Waals surface area contributed by atoms with Crippen LogP contribution in [0.3, 0.4) is 0 Å². The molecular weight excluding hydrogens is 500 g/mol. The molecule has 0 saturated heterocycles. The molecule has 0 spiro atoms. The zero-order chi connectivity index (χ0) is 27.2. The van der Waals surface area contributed by atoms with Crippen LogP contribution >= 0.6 is 0 Å². The third kappa shape index (κ3) is 4.11. The fourth-order valence-corrected chi connectivity index (χ4v) is 6.37. The highest BCUT2D eigenvalue weighted by Gasteiger charge is 2.29. The number of allylic oxidation sites excluding steroid dienone is 5. The molecule has 0 N–H and O–H groups in total. The Kier molecular flexibility index (Phi) is 5.70. The monoisotopic (exact) mass is 528 g/mol. The van der Waals surface area contributed by atoms with Gasteiger partial charge in [0.2, 0.25) is 0 Å². The van der Waals surface area contributed by atoms with Crippen LogP contribution in [0, 0.1) is 0 Å². The van der Waals surface area contributed by atoms with Gasteiger partial charge in [-0.05, 0) is 77.8 Å². The molecule has 196 valence electrons. The second kappa shape index (κ2) is 9.83. The molecule has 2 aliphatic heterocycles. The molecular formula is C37H28N4. The van der Waals surface area contributed by atoms with Gasteiger partial charge in [-0.1, -0.05) is 78.9 Å². The van der Waals surface area contributed by atoms with Crippen molar-refractivity contribution in [2.45, 2.75) is 25.3 Å². The molecule has 1 aromatic heterocycles. The van der Waals surface area contributed by atoms with Crippen LogP contribution in [0.15, 0.2) is 144 Å². The molecule has 0 fully saturated rings. The fourth-order valence-electron chi connectivity index (χ4n) is 6.37. The maximum atomic E-state index is 5.35. The summed E-state index contributed by atoms with van der Waals surface area (Å²) in [5.41, 5.74) is 11.3. The van der Waals surface area contributed by atoms with E-state index in [-0.39, 0.29) is 6.04 Å². The highest BCUT2D eigenvalue weighted by atomic mass is 15.2. The molecule has 4 nitrogen and oxygen atoms in total. The van der Waals surface area contributed by atoms with Crippen LogP contribution in [-0.4, -0.2) is 15.7 Å². The predicted molar refractivity (Wildman–Crippen MR) is 168 cm³/mol. The summed E-state index contributed by atoms with van der Waals surface area (Å²) in [6.07, 6.45) is 15.9. The van der Waals surface area contributed by atoms with E-state index in [0.29, 0.717) is 0 Å². The van der Waals surface area contributed by atoms with Gasteiger partial charge in [0.05, 0.1) is 35.0 Å². The molecule has 3 aliphatic rings. The van der Waals surface area contributed by atoms with Crippen LogP contribution in [0.25, 0.3) is 22.0 Å². The van der Waals surface area contributed by atoms with E-state index in [1.807, 2.05) is 12.3 Å². The van der Waals surface area contributed by atoms with Crippen LogP contribution in [0.4, 0.5) is 17.1 Å². The Hall–Kier alpha value is -5.09. The summed E-state index contributed by atoms with van der Waals surface area (Å²) in [7, 11) is 0. The Morgan fingerprint density at radius 3 is 2.49 bits per heavy atom.